The Balaban J connectivity index is 3.61. The second kappa shape index (κ2) is 8.93. The number of carboxylic acid groups (broad SMARTS) is 1. The van der Waals surface area contributed by atoms with Crippen LogP contribution in [-0.2, 0) is 4.79 Å². The van der Waals surface area contributed by atoms with Crippen molar-refractivity contribution in [1.82, 2.24) is 5.32 Å². The second-order valence-electron chi connectivity index (χ2n) is 3.27. The minimum absolute atomic E-state index is 0.451. The fourth-order valence-electron chi connectivity index (χ4n) is 1.18. The molecule has 0 heterocycles. The minimum atomic E-state index is -0.793. The molecule has 0 unspecified atom stereocenters. The number of carboxylic acids is 1. The van der Waals surface area contributed by atoms with Crippen molar-refractivity contribution in [1.29, 1.82) is 0 Å². The summed E-state index contributed by atoms with van der Waals surface area (Å²) in [6.45, 7) is 1.87. The minimum Gasteiger partial charge on any atom is -0.480 e. The molecule has 0 amide bonds. The van der Waals surface area contributed by atoms with E-state index in [0.717, 1.165) is 19.3 Å². The van der Waals surface area contributed by atoms with Crippen molar-refractivity contribution >= 4 is 5.97 Å². The molecule has 0 fully saturated rings. The lowest BCUT2D eigenvalue weighted by Crippen LogP contribution is -2.37. The predicted octanol–water partition coefficient (Wildman–Crippen LogP) is -0.493. The van der Waals surface area contributed by atoms with Crippen molar-refractivity contribution in [2.45, 2.75) is 31.7 Å². The molecule has 6 N–H and O–H groups in total. The van der Waals surface area contributed by atoms with Gasteiger partial charge in [0, 0.05) is 0 Å². The number of nitrogens with two attached hydrogens (primary N) is 2. The normalized spacial score (nSPS) is 12.7. The first-order valence-corrected chi connectivity index (χ1v) is 5.08. The van der Waals surface area contributed by atoms with Gasteiger partial charge >= 0.3 is 5.97 Å². The van der Waals surface area contributed by atoms with Crippen molar-refractivity contribution in [3.8, 4) is 0 Å². The smallest absolute Gasteiger partial charge is 0.320 e. The Kier molecular flexibility index (Phi) is 8.51. The Morgan fingerprint density at radius 3 is 2.36 bits per heavy atom. The summed E-state index contributed by atoms with van der Waals surface area (Å²) in [6, 6.07) is -0.451. The molecule has 5 nitrogen and oxygen atoms in total. The summed E-state index contributed by atoms with van der Waals surface area (Å²) in [7, 11) is 0. The number of unbranched alkanes of at least 4 members (excludes halogenated alkanes) is 1. The van der Waals surface area contributed by atoms with E-state index < -0.39 is 12.0 Å². The van der Waals surface area contributed by atoms with Crippen LogP contribution in [0.3, 0.4) is 0 Å². The molecule has 0 bridgehead atoms. The molecule has 84 valence electrons. The SMILES string of the molecule is NCCCC[C@H](NCCCN)C(=O)O. The Morgan fingerprint density at radius 1 is 1.21 bits per heavy atom. The van der Waals surface area contributed by atoms with E-state index in [1.165, 1.54) is 0 Å². The first kappa shape index (κ1) is 13.4. The molecule has 0 aliphatic heterocycles. The lowest BCUT2D eigenvalue weighted by molar-refractivity contribution is -0.139. The standard InChI is InChI=1S/C9H21N3O2/c10-5-2-1-4-8(9(13)14)12-7-3-6-11/h8,12H,1-7,10-11H2,(H,13,14)/t8-/m0/s1. The van der Waals surface area contributed by atoms with Gasteiger partial charge in [-0.25, -0.2) is 0 Å². The van der Waals surface area contributed by atoms with Gasteiger partial charge in [0.25, 0.3) is 0 Å². The number of nitrogens with one attached hydrogen (secondary N) is 1. The van der Waals surface area contributed by atoms with Gasteiger partial charge < -0.3 is 21.9 Å². The lowest BCUT2D eigenvalue weighted by Gasteiger charge is -2.13. The Hall–Kier alpha value is -0.650. The van der Waals surface area contributed by atoms with Crippen molar-refractivity contribution in [3.05, 3.63) is 0 Å². The topological polar surface area (TPSA) is 101 Å². The quantitative estimate of drug-likeness (QED) is 0.379. The van der Waals surface area contributed by atoms with Gasteiger partial charge in [-0.3, -0.25) is 4.79 Å². The van der Waals surface area contributed by atoms with E-state index in [2.05, 4.69) is 5.32 Å². The van der Waals surface area contributed by atoms with Gasteiger partial charge in [0.15, 0.2) is 0 Å². The number of hydrogen-bond acceptors (Lipinski definition) is 4. The highest BCUT2D eigenvalue weighted by molar-refractivity contribution is 5.73. The van der Waals surface area contributed by atoms with E-state index in [1.54, 1.807) is 0 Å². The van der Waals surface area contributed by atoms with Gasteiger partial charge in [-0.05, 0) is 38.9 Å². The zero-order valence-electron chi connectivity index (χ0n) is 8.54. The molecule has 14 heavy (non-hydrogen) atoms. The third-order valence-electron chi connectivity index (χ3n) is 2.02. The van der Waals surface area contributed by atoms with E-state index in [1.807, 2.05) is 0 Å². The molecule has 5 heteroatoms. The number of carbonyl (C=O) groups is 1. The largest absolute Gasteiger partial charge is 0.480 e. The molecular weight excluding hydrogens is 182 g/mol. The summed E-state index contributed by atoms with van der Waals surface area (Å²) < 4.78 is 0. The lowest BCUT2D eigenvalue weighted by atomic mass is 10.1. The van der Waals surface area contributed by atoms with Gasteiger partial charge in [-0.2, -0.15) is 0 Å². The van der Waals surface area contributed by atoms with Crippen molar-refractivity contribution in [2.75, 3.05) is 19.6 Å². The van der Waals surface area contributed by atoms with Crippen LogP contribution in [0.5, 0.6) is 0 Å². The highest BCUT2D eigenvalue weighted by atomic mass is 16.4. The monoisotopic (exact) mass is 203 g/mol. The Bertz CT molecular complexity index is 143. The van der Waals surface area contributed by atoms with Crippen LogP contribution in [-0.4, -0.2) is 36.8 Å². The molecule has 1 atom stereocenters. The molecule has 0 aliphatic carbocycles. The fraction of sp³-hybridized carbons (Fsp3) is 0.889. The van der Waals surface area contributed by atoms with Crippen LogP contribution >= 0.6 is 0 Å². The first-order chi connectivity index (χ1) is 6.72. The van der Waals surface area contributed by atoms with E-state index in [4.69, 9.17) is 16.6 Å². The molecule has 0 aromatic rings. The molecule has 0 aromatic carbocycles. The van der Waals surface area contributed by atoms with Crippen LogP contribution in [0.25, 0.3) is 0 Å². The van der Waals surface area contributed by atoms with E-state index in [-0.39, 0.29) is 0 Å². The Morgan fingerprint density at radius 2 is 1.86 bits per heavy atom. The van der Waals surface area contributed by atoms with Gasteiger partial charge in [-0.1, -0.05) is 6.42 Å². The van der Waals surface area contributed by atoms with Crippen LogP contribution in [0.15, 0.2) is 0 Å². The summed E-state index contributed by atoms with van der Waals surface area (Å²) >= 11 is 0. The van der Waals surface area contributed by atoms with Gasteiger partial charge in [0.05, 0.1) is 0 Å². The summed E-state index contributed by atoms with van der Waals surface area (Å²) in [6.07, 6.45) is 3.17. The van der Waals surface area contributed by atoms with Gasteiger partial charge in [0.1, 0.15) is 6.04 Å². The van der Waals surface area contributed by atoms with Crippen molar-refractivity contribution in [3.63, 3.8) is 0 Å². The van der Waals surface area contributed by atoms with E-state index in [0.29, 0.717) is 26.1 Å². The van der Waals surface area contributed by atoms with E-state index >= 15 is 0 Å². The third kappa shape index (κ3) is 6.82. The molecule has 0 saturated carbocycles. The highest BCUT2D eigenvalue weighted by Crippen LogP contribution is 2.00. The third-order valence-corrected chi connectivity index (χ3v) is 2.02. The van der Waals surface area contributed by atoms with E-state index in [9.17, 15) is 4.79 Å². The molecule has 0 rings (SSSR count). The summed E-state index contributed by atoms with van der Waals surface area (Å²) in [4.78, 5) is 10.8. The maximum absolute atomic E-state index is 10.8. The molecule has 0 saturated heterocycles. The van der Waals surface area contributed by atoms with Crippen LogP contribution < -0.4 is 16.8 Å². The second-order valence-corrected chi connectivity index (χ2v) is 3.27. The molecule has 0 radical (unpaired) electrons. The maximum atomic E-state index is 10.8. The molecule has 0 aromatic heterocycles. The van der Waals surface area contributed by atoms with Crippen LogP contribution in [0.2, 0.25) is 0 Å². The van der Waals surface area contributed by atoms with Crippen LogP contribution in [0.1, 0.15) is 25.7 Å². The van der Waals surface area contributed by atoms with Gasteiger partial charge in [0.2, 0.25) is 0 Å². The zero-order valence-corrected chi connectivity index (χ0v) is 8.54. The first-order valence-electron chi connectivity index (χ1n) is 5.08. The van der Waals surface area contributed by atoms with Crippen molar-refractivity contribution in [2.24, 2.45) is 11.5 Å². The highest BCUT2D eigenvalue weighted by Gasteiger charge is 2.14. The average molecular weight is 203 g/mol. The summed E-state index contributed by atoms with van der Waals surface area (Å²) in [5.74, 6) is -0.793. The van der Waals surface area contributed by atoms with Crippen LogP contribution in [0, 0.1) is 0 Å². The molecule has 0 aliphatic rings. The number of rotatable bonds is 9. The van der Waals surface area contributed by atoms with Crippen molar-refractivity contribution < 1.29 is 9.90 Å². The van der Waals surface area contributed by atoms with Gasteiger partial charge in [-0.15, -0.1) is 0 Å². The zero-order chi connectivity index (χ0) is 10.8. The molecule has 0 spiro atoms. The number of hydrogen-bond donors (Lipinski definition) is 4. The maximum Gasteiger partial charge on any atom is 0.320 e. The number of aliphatic carboxylic acids is 1. The Labute approximate surface area is 84.8 Å². The summed E-state index contributed by atoms with van der Waals surface area (Å²) in [5.41, 5.74) is 10.6. The molecular formula is C9H21N3O2. The average Bonchev–Trinajstić information content (AvgIpc) is 2.15. The summed E-state index contributed by atoms with van der Waals surface area (Å²) in [5, 5.41) is 11.8. The fourth-order valence-corrected chi connectivity index (χ4v) is 1.18. The van der Waals surface area contributed by atoms with Crippen LogP contribution in [0.4, 0.5) is 0 Å². The predicted molar refractivity (Wildman–Crippen MR) is 56.0 cm³/mol.